The van der Waals surface area contributed by atoms with E-state index >= 15 is 0 Å². The molecule has 18 heavy (non-hydrogen) atoms. The molecule has 102 valence electrons. The Morgan fingerprint density at radius 1 is 1.28 bits per heavy atom. The highest BCUT2D eigenvalue weighted by Gasteiger charge is 2.26. The van der Waals surface area contributed by atoms with Gasteiger partial charge >= 0.3 is 0 Å². The normalized spacial score (nSPS) is 11.3. The summed E-state index contributed by atoms with van der Waals surface area (Å²) in [6.07, 6.45) is 3.36. The molecule has 0 saturated heterocycles. The van der Waals surface area contributed by atoms with Crippen molar-refractivity contribution in [3.8, 4) is 0 Å². The highest BCUT2D eigenvalue weighted by Crippen LogP contribution is 2.19. The zero-order valence-corrected chi connectivity index (χ0v) is 12.3. The number of hydrogen-bond donors (Lipinski definition) is 1. The molecule has 0 heterocycles. The quantitative estimate of drug-likeness (QED) is 0.642. The molecule has 0 saturated carbocycles. The number of rotatable bonds is 6. The van der Waals surface area contributed by atoms with E-state index in [0.29, 0.717) is 11.6 Å². The lowest BCUT2D eigenvalue weighted by Crippen LogP contribution is -2.38. The molecule has 0 aliphatic carbocycles. The molecule has 0 spiro atoms. The van der Waals surface area contributed by atoms with E-state index < -0.39 is 0 Å². The average molecular weight is 291 g/mol. The number of halogens is 2. The summed E-state index contributed by atoms with van der Waals surface area (Å²) in [6.45, 7) is 4.57. The second-order valence-electron chi connectivity index (χ2n) is 3.97. The minimum atomic E-state index is -0.344. The van der Waals surface area contributed by atoms with E-state index in [-0.39, 0.29) is 18.0 Å². The Bertz CT molecular complexity index is 353. The van der Waals surface area contributed by atoms with Crippen LogP contribution in [0.25, 0.3) is 0 Å². The van der Waals surface area contributed by atoms with Gasteiger partial charge in [-0.25, -0.2) is 0 Å². The number of nitrogens with two attached hydrogens (primary N) is 1. The van der Waals surface area contributed by atoms with Crippen molar-refractivity contribution < 1.29 is 4.84 Å². The topological polar surface area (TPSA) is 47.6 Å². The first-order valence-corrected chi connectivity index (χ1v) is 6.21. The Kier molecular flexibility index (Phi) is 8.00. The maximum absolute atomic E-state index is 5.79. The summed E-state index contributed by atoms with van der Waals surface area (Å²) in [5.41, 5.74) is 6.32. The molecule has 0 aromatic heterocycles. The molecule has 1 rings (SSSR count). The molecule has 0 unspecified atom stereocenters. The molecule has 0 bridgehead atoms. The number of benzene rings is 1. The zero-order valence-electron chi connectivity index (χ0n) is 10.7. The molecule has 5 heteroatoms. The molecule has 0 aliphatic rings. The fourth-order valence-electron chi connectivity index (χ4n) is 1.45. The molecule has 1 aromatic rings. The minimum Gasteiger partial charge on any atom is -0.388 e. The van der Waals surface area contributed by atoms with E-state index in [4.69, 9.17) is 22.2 Å². The molecule has 3 nitrogen and oxygen atoms in total. The summed E-state index contributed by atoms with van der Waals surface area (Å²) in [7, 11) is 0. The van der Waals surface area contributed by atoms with Crippen LogP contribution in [0.1, 0.15) is 32.3 Å². The smallest absolute Gasteiger partial charge is 0.149 e. The number of oxime groups is 1. The first-order valence-electron chi connectivity index (χ1n) is 5.83. The van der Waals surface area contributed by atoms with Crippen LogP contribution in [0.15, 0.2) is 29.4 Å². The van der Waals surface area contributed by atoms with Crippen molar-refractivity contribution in [2.24, 2.45) is 10.9 Å². The van der Waals surface area contributed by atoms with Gasteiger partial charge in [0.15, 0.2) is 0 Å². The van der Waals surface area contributed by atoms with Crippen LogP contribution in [0.5, 0.6) is 0 Å². The largest absolute Gasteiger partial charge is 0.388 e. The third-order valence-corrected chi connectivity index (χ3v) is 3.23. The first kappa shape index (κ1) is 17.2. The van der Waals surface area contributed by atoms with Crippen LogP contribution >= 0.6 is 24.0 Å². The van der Waals surface area contributed by atoms with Gasteiger partial charge in [0.2, 0.25) is 0 Å². The van der Waals surface area contributed by atoms with Crippen LogP contribution < -0.4 is 5.73 Å². The van der Waals surface area contributed by atoms with E-state index in [0.717, 1.165) is 18.4 Å². The van der Waals surface area contributed by atoms with E-state index in [1.165, 1.54) is 0 Å². The summed E-state index contributed by atoms with van der Waals surface area (Å²) in [5.74, 6) is 0. The maximum Gasteiger partial charge on any atom is 0.149 e. The van der Waals surface area contributed by atoms with Gasteiger partial charge in [-0.1, -0.05) is 42.7 Å². The van der Waals surface area contributed by atoms with E-state index in [9.17, 15) is 0 Å². The summed E-state index contributed by atoms with van der Waals surface area (Å²) >= 11 is 5.79. The molecule has 0 amide bonds. The summed E-state index contributed by atoms with van der Waals surface area (Å²) in [4.78, 5) is 5.52. The van der Waals surface area contributed by atoms with Gasteiger partial charge in [-0.3, -0.25) is 0 Å². The summed E-state index contributed by atoms with van der Waals surface area (Å²) in [5, 5.41) is 4.72. The Morgan fingerprint density at radius 3 is 2.28 bits per heavy atom. The molecule has 0 aliphatic heterocycles. The number of hydrogen-bond acceptors (Lipinski definition) is 3. The molecule has 0 radical (unpaired) electrons. The fourth-order valence-corrected chi connectivity index (χ4v) is 1.58. The second kappa shape index (κ2) is 8.35. The molecule has 0 fully saturated rings. The van der Waals surface area contributed by atoms with Crippen LogP contribution in [-0.4, -0.2) is 18.4 Å². The van der Waals surface area contributed by atoms with Crippen molar-refractivity contribution in [3.05, 3.63) is 34.9 Å². The van der Waals surface area contributed by atoms with Crippen molar-refractivity contribution in [1.82, 2.24) is 0 Å². The first-order chi connectivity index (χ1) is 8.15. The van der Waals surface area contributed by atoms with Gasteiger partial charge in [0.1, 0.15) is 5.60 Å². The second-order valence-corrected chi connectivity index (χ2v) is 4.41. The van der Waals surface area contributed by atoms with E-state index in [2.05, 4.69) is 5.16 Å². The molecule has 2 N–H and O–H groups in total. The third-order valence-electron chi connectivity index (χ3n) is 2.98. The predicted molar refractivity (Wildman–Crippen MR) is 79.7 cm³/mol. The van der Waals surface area contributed by atoms with Gasteiger partial charge in [0.25, 0.3) is 0 Å². The monoisotopic (exact) mass is 290 g/mol. The summed E-state index contributed by atoms with van der Waals surface area (Å²) in [6, 6.07) is 7.41. The van der Waals surface area contributed by atoms with Crippen molar-refractivity contribution in [2.45, 2.75) is 32.3 Å². The average Bonchev–Trinajstić information content (AvgIpc) is 2.38. The van der Waals surface area contributed by atoms with Crippen molar-refractivity contribution in [3.63, 3.8) is 0 Å². The highest BCUT2D eigenvalue weighted by atomic mass is 35.5. The Hall–Kier alpha value is -0.770. The van der Waals surface area contributed by atoms with Crippen LogP contribution in [0.4, 0.5) is 0 Å². The lowest BCUT2D eigenvalue weighted by molar-refractivity contribution is -0.0410. The molecular formula is C13H20Cl2N2O. The lowest BCUT2D eigenvalue weighted by Gasteiger charge is -2.26. The van der Waals surface area contributed by atoms with Crippen LogP contribution in [0, 0.1) is 0 Å². The number of nitrogens with zero attached hydrogens (tertiary/aromatic N) is 1. The molecule has 0 atom stereocenters. The van der Waals surface area contributed by atoms with Gasteiger partial charge in [0, 0.05) is 11.6 Å². The van der Waals surface area contributed by atoms with Crippen LogP contribution in [0.3, 0.4) is 0 Å². The minimum absolute atomic E-state index is 0. The third kappa shape index (κ3) is 4.84. The van der Waals surface area contributed by atoms with Gasteiger partial charge in [-0.05, 0) is 30.5 Å². The Morgan fingerprint density at radius 2 is 1.83 bits per heavy atom. The van der Waals surface area contributed by atoms with Crippen molar-refractivity contribution in [2.75, 3.05) is 6.54 Å². The van der Waals surface area contributed by atoms with Gasteiger partial charge in [0.05, 0.1) is 6.21 Å². The maximum atomic E-state index is 5.79. The zero-order chi connectivity index (χ0) is 12.7. The van der Waals surface area contributed by atoms with E-state index in [1.807, 2.05) is 38.1 Å². The lowest BCUT2D eigenvalue weighted by atomic mass is 9.98. The van der Waals surface area contributed by atoms with Crippen LogP contribution in [0.2, 0.25) is 5.02 Å². The van der Waals surface area contributed by atoms with Crippen molar-refractivity contribution >= 4 is 30.2 Å². The predicted octanol–water partition coefficient (Wildman–Crippen LogP) is 3.63. The molecule has 1 aromatic carbocycles. The van der Waals surface area contributed by atoms with Gasteiger partial charge in [-0.2, -0.15) is 0 Å². The Balaban J connectivity index is 0.00000289. The van der Waals surface area contributed by atoms with Gasteiger partial charge in [-0.15, -0.1) is 12.4 Å². The Labute approximate surface area is 120 Å². The van der Waals surface area contributed by atoms with Crippen LogP contribution in [-0.2, 0) is 4.84 Å². The van der Waals surface area contributed by atoms with Crippen molar-refractivity contribution in [1.29, 1.82) is 0 Å². The SMILES string of the molecule is CCC(CC)(CN)O/N=C/c1ccc(Cl)cc1.Cl. The van der Waals surface area contributed by atoms with E-state index in [1.54, 1.807) is 6.21 Å². The highest BCUT2D eigenvalue weighted by molar-refractivity contribution is 6.30. The fraction of sp³-hybridized carbons (Fsp3) is 0.462. The standard InChI is InChI=1S/C13H19ClN2O.ClH/c1-3-13(4-2,10-15)17-16-9-11-5-7-12(14)8-6-11;/h5-9H,3-4,10,15H2,1-2H3;1H/b16-9+;. The van der Waals surface area contributed by atoms with Gasteiger partial charge < -0.3 is 10.6 Å². The molecular weight excluding hydrogens is 271 g/mol. The summed E-state index contributed by atoms with van der Waals surface area (Å²) < 4.78 is 0.